The third-order valence-electron chi connectivity index (χ3n) is 4.93. The van der Waals surface area contributed by atoms with Crippen LogP contribution < -0.4 is 5.32 Å². The van der Waals surface area contributed by atoms with Crippen molar-refractivity contribution in [3.63, 3.8) is 0 Å². The van der Waals surface area contributed by atoms with Crippen molar-refractivity contribution in [1.29, 1.82) is 0 Å². The third kappa shape index (κ3) is 5.92. The monoisotopic (exact) mass is 443 g/mol. The molecule has 8 nitrogen and oxygen atoms in total. The molecule has 143 valence electrons. The Morgan fingerprint density at radius 3 is 2.54 bits per heavy atom. The van der Waals surface area contributed by atoms with Gasteiger partial charge in [-0.3, -0.25) is 19.3 Å². The molecule has 0 aromatic carbocycles. The summed E-state index contributed by atoms with van der Waals surface area (Å²) in [7, 11) is 1.55. The molecule has 1 fully saturated rings. The number of hydrogen-bond donors (Lipinski definition) is 3. The molecule has 1 aliphatic heterocycles. The number of nitrogens with zero attached hydrogens (tertiary/aromatic N) is 1. The van der Waals surface area contributed by atoms with E-state index < -0.39 is 6.10 Å². The van der Waals surface area contributed by atoms with Crippen LogP contribution in [-0.4, -0.2) is 71.8 Å². The minimum Gasteiger partial charge on any atom is -0.396 e. The van der Waals surface area contributed by atoms with Crippen LogP contribution >= 0.6 is 0 Å². The molecular formula is C17H26N2O6Y. The van der Waals surface area contributed by atoms with Gasteiger partial charge in [-0.25, -0.2) is 0 Å². The summed E-state index contributed by atoms with van der Waals surface area (Å²) in [6, 6.07) is 0. The Labute approximate surface area is 178 Å². The fourth-order valence-electron chi connectivity index (χ4n) is 3.55. The first-order chi connectivity index (χ1) is 12.0. The zero-order valence-electron chi connectivity index (χ0n) is 15.0. The van der Waals surface area contributed by atoms with Crippen LogP contribution in [0.4, 0.5) is 0 Å². The van der Waals surface area contributed by atoms with Crippen LogP contribution in [0.25, 0.3) is 0 Å². The Balaban J connectivity index is 0.00000338. The standard InChI is InChI=1S/C17H26N2O6.Y/c1-25-17-11(9-12(10-20)16(17)24)3-2-7-18-13(21)6-8-19-14(22)4-5-15(19)23;/h4-5,11-12,16-17,20,24H,2-3,6-10H2,1H3,(H,18,21);. The zero-order chi connectivity index (χ0) is 18.4. The molecular weight excluding hydrogens is 417 g/mol. The first-order valence-electron chi connectivity index (χ1n) is 8.59. The number of rotatable bonds is 9. The molecule has 2 aliphatic rings. The summed E-state index contributed by atoms with van der Waals surface area (Å²) < 4.78 is 5.34. The van der Waals surface area contributed by atoms with Crippen molar-refractivity contribution in [2.75, 3.05) is 26.8 Å². The van der Waals surface area contributed by atoms with Gasteiger partial charge >= 0.3 is 0 Å². The zero-order valence-corrected chi connectivity index (χ0v) is 17.8. The van der Waals surface area contributed by atoms with Crippen molar-refractivity contribution in [3.8, 4) is 0 Å². The molecule has 3 amide bonds. The molecule has 1 aliphatic carbocycles. The molecule has 3 N–H and O–H groups in total. The van der Waals surface area contributed by atoms with Gasteiger partial charge in [0.2, 0.25) is 5.91 Å². The number of aliphatic hydroxyl groups excluding tert-OH is 2. The Bertz CT molecular complexity index is 523. The fourth-order valence-corrected chi connectivity index (χ4v) is 3.55. The number of amides is 3. The molecule has 26 heavy (non-hydrogen) atoms. The molecule has 1 heterocycles. The summed E-state index contributed by atoms with van der Waals surface area (Å²) in [5, 5.41) is 22.1. The maximum atomic E-state index is 11.8. The van der Waals surface area contributed by atoms with E-state index in [1.165, 1.54) is 12.2 Å². The van der Waals surface area contributed by atoms with E-state index in [2.05, 4.69) is 5.32 Å². The van der Waals surface area contributed by atoms with Gasteiger partial charge in [0.05, 0.1) is 12.2 Å². The van der Waals surface area contributed by atoms with E-state index in [-0.39, 0.29) is 87.9 Å². The molecule has 2 rings (SSSR count). The number of hydrogen-bond acceptors (Lipinski definition) is 6. The smallest absolute Gasteiger partial charge is 0.253 e. The minimum atomic E-state index is -0.654. The Morgan fingerprint density at radius 1 is 1.31 bits per heavy atom. The van der Waals surface area contributed by atoms with E-state index in [1.54, 1.807) is 7.11 Å². The SMILES string of the molecule is COC1C(CCCNC(=O)CCN2C(=O)C=CC2=O)CC(CO)C1O.[Y]. The number of methoxy groups -OCH3 is 1. The molecule has 4 unspecified atom stereocenters. The predicted molar refractivity (Wildman–Crippen MR) is 88.2 cm³/mol. The second-order valence-electron chi connectivity index (χ2n) is 6.53. The summed E-state index contributed by atoms with van der Waals surface area (Å²) >= 11 is 0. The van der Waals surface area contributed by atoms with Gasteiger partial charge in [0.1, 0.15) is 0 Å². The number of carbonyl (C=O) groups excluding carboxylic acids is 3. The van der Waals surface area contributed by atoms with E-state index >= 15 is 0 Å². The molecule has 0 bridgehead atoms. The van der Waals surface area contributed by atoms with Gasteiger partial charge in [-0.05, 0) is 25.2 Å². The van der Waals surface area contributed by atoms with E-state index in [9.17, 15) is 24.6 Å². The average Bonchev–Trinajstić information content (AvgIpc) is 3.08. The van der Waals surface area contributed by atoms with Gasteiger partial charge in [0, 0.05) is 84.0 Å². The van der Waals surface area contributed by atoms with E-state index in [0.29, 0.717) is 13.0 Å². The summed E-state index contributed by atoms with van der Waals surface area (Å²) in [6.07, 6.45) is 3.74. The predicted octanol–water partition coefficient (Wildman–Crippen LogP) is -0.800. The summed E-state index contributed by atoms with van der Waals surface area (Å²) in [4.78, 5) is 35.6. The number of aliphatic hydroxyl groups is 2. The second kappa shape index (κ2) is 11.2. The first-order valence-corrected chi connectivity index (χ1v) is 8.59. The van der Waals surface area contributed by atoms with Crippen molar-refractivity contribution in [2.45, 2.75) is 37.9 Å². The third-order valence-corrected chi connectivity index (χ3v) is 4.93. The van der Waals surface area contributed by atoms with E-state index in [1.807, 2.05) is 0 Å². The van der Waals surface area contributed by atoms with Gasteiger partial charge in [-0.15, -0.1) is 0 Å². The fraction of sp³-hybridized carbons (Fsp3) is 0.706. The molecule has 1 radical (unpaired) electrons. The van der Waals surface area contributed by atoms with Gasteiger partial charge in [0.25, 0.3) is 11.8 Å². The normalized spacial score (nSPS) is 27.7. The number of nitrogens with one attached hydrogen (secondary N) is 1. The maximum absolute atomic E-state index is 11.8. The van der Waals surface area contributed by atoms with E-state index in [0.717, 1.165) is 17.7 Å². The molecule has 0 saturated heterocycles. The van der Waals surface area contributed by atoms with Crippen LogP contribution in [0.1, 0.15) is 25.7 Å². The minimum absolute atomic E-state index is 0. The largest absolute Gasteiger partial charge is 0.396 e. The Morgan fingerprint density at radius 2 is 1.96 bits per heavy atom. The van der Waals surface area contributed by atoms with Gasteiger partial charge in [0.15, 0.2) is 0 Å². The van der Waals surface area contributed by atoms with Crippen LogP contribution in [0.5, 0.6) is 0 Å². The van der Waals surface area contributed by atoms with Crippen LogP contribution in [0, 0.1) is 11.8 Å². The van der Waals surface area contributed by atoms with Crippen LogP contribution in [0.3, 0.4) is 0 Å². The van der Waals surface area contributed by atoms with Crippen molar-refractivity contribution in [1.82, 2.24) is 10.2 Å². The van der Waals surface area contributed by atoms with Gasteiger partial charge < -0.3 is 20.3 Å². The number of carbonyl (C=O) groups is 3. The summed E-state index contributed by atoms with van der Waals surface area (Å²) in [5.41, 5.74) is 0. The van der Waals surface area contributed by atoms with Crippen molar-refractivity contribution >= 4 is 17.7 Å². The maximum Gasteiger partial charge on any atom is 0.253 e. The number of ether oxygens (including phenoxy) is 1. The quantitative estimate of drug-likeness (QED) is 0.318. The van der Waals surface area contributed by atoms with E-state index in [4.69, 9.17) is 4.74 Å². The molecule has 0 aromatic rings. The van der Waals surface area contributed by atoms with Gasteiger partial charge in [-0.2, -0.15) is 0 Å². The molecule has 9 heteroatoms. The molecule has 4 atom stereocenters. The van der Waals surface area contributed by atoms with Crippen LogP contribution in [-0.2, 0) is 51.8 Å². The Hall–Kier alpha value is -0.666. The van der Waals surface area contributed by atoms with Crippen LogP contribution in [0.2, 0.25) is 0 Å². The molecule has 0 aromatic heterocycles. The molecule has 0 spiro atoms. The Kier molecular flexibility index (Phi) is 10.1. The van der Waals surface area contributed by atoms with Crippen molar-refractivity contribution in [3.05, 3.63) is 12.2 Å². The summed E-state index contributed by atoms with van der Waals surface area (Å²) in [5.74, 6) is -0.993. The molecule has 1 saturated carbocycles. The topological polar surface area (TPSA) is 116 Å². The van der Waals surface area contributed by atoms with Crippen molar-refractivity contribution < 1.29 is 62.0 Å². The first kappa shape index (κ1) is 23.4. The van der Waals surface area contributed by atoms with Gasteiger partial charge in [-0.1, -0.05) is 0 Å². The summed E-state index contributed by atoms with van der Waals surface area (Å²) in [6.45, 7) is 0.498. The van der Waals surface area contributed by atoms with Crippen LogP contribution in [0.15, 0.2) is 12.2 Å². The second-order valence-corrected chi connectivity index (χ2v) is 6.53. The van der Waals surface area contributed by atoms with Crippen molar-refractivity contribution in [2.24, 2.45) is 11.8 Å². The average molecular weight is 443 g/mol. The number of imide groups is 1.